The van der Waals surface area contributed by atoms with E-state index >= 15 is 0 Å². The van der Waals surface area contributed by atoms with E-state index in [1.807, 2.05) is 4.90 Å². The molecule has 102 valence electrons. The fourth-order valence-corrected chi connectivity index (χ4v) is 2.43. The first-order chi connectivity index (χ1) is 8.88. The van der Waals surface area contributed by atoms with E-state index in [0.717, 1.165) is 13.0 Å². The van der Waals surface area contributed by atoms with Gasteiger partial charge in [0.25, 0.3) is 5.91 Å². The molecule has 1 aromatic rings. The quantitative estimate of drug-likeness (QED) is 0.581. The predicted octanol–water partition coefficient (Wildman–Crippen LogP) is 3.55. The highest BCUT2D eigenvalue weighted by atomic mass is 35.5. The molecule has 0 unspecified atom stereocenters. The zero-order valence-corrected chi connectivity index (χ0v) is 12.4. The molecular weight excluding hydrogens is 260 g/mol. The summed E-state index contributed by atoms with van der Waals surface area (Å²) in [6.07, 6.45) is 4.67. The van der Waals surface area contributed by atoms with Crippen LogP contribution in [0.5, 0.6) is 0 Å². The lowest BCUT2D eigenvalue weighted by molar-refractivity contribution is 0.0765. The van der Waals surface area contributed by atoms with Crippen molar-refractivity contribution in [3.05, 3.63) is 40.7 Å². The Morgan fingerprint density at radius 3 is 2.68 bits per heavy atom. The van der Waals surface area contributed by atoms with Gasteiger partial charge in [-0.3, -0.25) is 4.79 Å². The Balaban J connectivity index is 2.10. The monoisotopic (exact) mass is 278 g/mol. The zero-order valence-electron chi connectivity index (χ0n) is 11.6. The van der Waals surface area contributed by atoms with Crippen LogP contribution in [-0.2, 0) is 0 Å². The second kappa shape index (κ2) is 5.33. The summed E-state index contributed by atoms with van der Waals surface area (Å²) in [5, 5.41) is 0.355. The highest BCUT2D eigenvalue weighted by molar-refractivity contribution is 6.29. The number of aromatic nitrogens is 1. The number of carbonyl (C=O) groups is 1. The van der Waals surface area contributed by atoms with Crippen molar-refractivity contribution in [3.8, 4) is 0 Å². The number of carbonyl (C=O) groups excluding carboxylic acids is 1. The Bertz CT molecular complexity index is 517. The van der Waals surface area contributed by atoms with E-state index in [2.05, 4.69) is 31.8 Å². The second-order valence-corrected chi connectivity index (χ2v) is 6.24. The van der Waals surface area contributed by atoms with E-state index in [0.29, 0.717) is 17.3 Å². The number of halogens is 1. The Morgan fingerprint density at radius 2 is 2.16 bits per heavy atom. The van der Waals surface area contributed by atoms with Crippen LogP contribution in [0.25, 0.3) is 0 Å². The molecule has 0 aliphatic carbocycles. The van der Waals surface area contributed by atoms with Crippen LogP contribution in [0.2, 0.25) is 5.15 Å². The van der Waals surface area contributed by atoms with E-state index in [1.54, 1.807) is 18.3 Å². The molecule has 1 amide bonds. The van der Waals surface area contributed by atoms with Gasteiger partial charge in [-0.05, 0) is 24.0 Å². The van der Waals surface area contributed by atoms with Gasteiger partial charge in [0.15, 0.2) is 0 Å². The molecule has 4 heteroatoms. The van der Waals surface area contributed by atoms with E-state index < -0.39 is 0 Å². The standard InChI is InChI=1S/C15H19ClN2O/c1-15(2,3)12-5-8-18(9-6-12)14(19)11-4-7-17-13(16)10-11/h4-5,7,10H,6,8-9H2,1-3H3. The van der Waals surface area contributed by atoms with Crippen LogP contribution < -0.4 is 0 Å². The smallest absolute Gasteiger partial charge is 0.254 e. The van der Waals surface area contributed by atoms with Crippen molar-refractivity contribution in [3.63, 3.8) is 0 Å². The molecule has 2 heterocycles. The summed E-state index contributed by atoms with van der Waals surface area (Å²) in [6, 6.07) is 3.32. The molecule has 0 saturated carbocycles. The van der Waals surface area contributed by atoms with Crippen LogP contribution in [0, 0.1) is 5.41 Å². The summed E-state index contributed by atoms with van der Waals surface area (Å²) in [4.78, 5) is 18.1. The van der Waals surface area contributed by atoms with E-state index in [-0.39, 0.29) is 11.3 Å². The van der Waals surface area contributed by atoms with Crippen molar-refractivity contribution in [1.29, 1.82) is 0 Å². The third-order valence-electron chi connectivity index (χ3n) is 3.43. The maximum Gasteiger partial charge on any atom is 0.254 e. The lowest BCUT2D eigenvalue weighted by atomic mass is 9.83. The molecule has 0 saturated heterocycles. The first kappa shape index (κ1) is 14.1. The molecule has 0 radical (unpaired) electrons. The minimum Gasteiger partial charge on any atom is -0.335 e. The average molecular weight is 279 g/mol. The van der Waals surface area contributed by atoms with Crippen molar-refractivity contribution in [2.24, 2.45) is 5.41 Å². The van der Waals surface area contributed by atoms with Crippen molar-refractivity contribution in [2.75, 3.05) is 13.1 Å². The fourth-order valence-electron chi connectivity index (χ4n) is 2.25. The largest absolute Gasteiger partial charge is 0.335 e. The molecule has 0 aromatic carbocycles. The summed E-state index contributed by atoms with van der Waals surface area (Å²) in [5.74, 6) is 0.0218. The summed E-state index contributed by atoms with van der Waals surface area (Å²) >= 11 is 5.82. The minimum atomic E-state index is 0.0218. The lowest BCUT2D eigenvalue weighted by Gasteiger charge is -2.32. The molecule has 0 N–H and O–H groups in total. The van der Waals surface area contributed by atoms with Crippen LogP contribution in [0.4, 0.5) is 0 Å². The first-order valence-corrected chi connectivity index (χ1v) is 6.86. The van der Waals surface area contributed by atoms with E-state index in [4.69, 9.17) is 11.6 Å². The fraction of sp³-hybridized carbons (Fsp3) is 0.467. The zero-order chi connectivity index (χ0) is 14.0. The SMILES string of the molecule is CC(C)(C)C1=CCN(C(=O)c2ccnc(Cl)c2)CC1. The summed E-state index contributed by atoms with van der Waals surface area (Å²) in [5.41, 5.74) is 2.21. The highest BCUT2D eigenvalue weighted by Gasteiger charge is 2.24. The van der Waals surface area contributed by atoms with Crippen molar-refractivity contribution < 1.29 is 4.79 Å². The number of hydrogen-bond acceptors (Lipinski definition) is 2. The molecule has 1 aliphatic rings. The topological polar surface area (TPSA) is 33.2 Å². The van der Waals surface area contributed by atoms with Gasteiger partial charge in [-0.2, -0.15) is 0 Å². The third kappa shape index (κ3) is 3.35. The van der Waals surface area contributed by atoms with Crippen LogP contribution >= 0.6 is 11.6 Å². The molecule has 1 aliphatic heterocycles. The van der Waals surface area contributed by atoms with Crippen LogP contribution in [-0.4, -0.2) is 28.9 Å². The van der Waals surface area contributed by atoms with Crippen molar-refractivity contribution in [1.82, 2.24) is 9.88 Å². The molecule has 0 spiro atoms. The number of amides is 1. The molecule has 3 nitrogen and oxygen atoms in total. The van der Waals surface area contributed by atoms with Gasteiger partial charge in [-0.1, -0.05) is 44.0 Å². The van der Waals surface area contributed by atoms with Crippen LogP contribution in [0.15, 0.2) is 30.0 Å². The Hall–Kier alpha value is -1.35. The van der Waals surface area contributed by atoms with Gasteiger partial charge in [0, 0.05) is 24.8 Å². The average Bonchev–Trinajstić information content (AvgIpc) is 2.37. The molecule has 1 aromatic heterocycles. The normalized spacial score (nSPS) is 16.2. The summed E-state index contributed by atoms with van der Waals surface area (Å²) < 4.78 is 0. The lowest BCUT2D eigenvalue weighted by Crippen LogP contribution is -2.36. The molecule has 19 heavy (non-hydrogen) atoms. The molecule has 2 rings (SSSR count). The third-order valence-corrected chi connectivity index (χ3v) is 3.64. The maximum absolute atomic E-state index is 12.3. The maximum atomic E-state index is 12.3. The Labute approximate surface area is 119 Å². The van der Waals surface area contributed by atoms with Gasteiger partial charge in [-0.25, -0.2) is 4.98 Å². The summed E-state index contributed by atoms with van der Waals surface area (Å²) in [7, 11) is 0. The molecular formula is C15H19ClN2O. The van der Waals surface area contributed by atoms with Crippen molar-refractivity contribution >= 4 is 17.5 Å². The first-order valence-electron chi connectivity index (χ1n) is 6.48. The summed E-state index contributed by atoms with van der Waals surface area (Å²) in [6.45, 7) is 8.06. The van der Waals surface area contributed by atoms with Gasteiger partial charge in [-0.15, -0.1) is 0 Å². The van der Waals surface area contributed by atoms with Gasteiger partial charge in [0.05, 0.1) is 0 Å². The number of hydrogen-bond donors (Lipinski definition) is 0. The number of pyridine rings is 1. The molecule has 0 atom stereocenters. The number of nitrogens with zero attached hydrogens (tertiary/aromatic N) is 2. The van der Waals surface area contributed by atoms with E-state index in [9.17, 15) is 4.79 Å². The van der Waals surface area contributed by atoms with Gasteiger partial charge >= 0.3 is 0 Å². The Kier molecular flexibility index (Phi) is 3.95. The van der Waals surface area contributed by atoms with Crippen LogP contribution in [0.1, 0.15) is 37.6 Å². The van der Waals surface area contributed by atoms with Gasteiger partial charge < -0.3 is 4.90 Å². The molecule has 0 fully saturated rings. The highest BCUT2D eigenvalue weighted by Crippen LogP contribution is 2.30. The Morgan fingerprint density at radius 1 is 1.42 bits per heavy atom. The van der Waals surface area contributed by atoms with E-state index in [1.165, 1.54) is 5.57 Å². The van der Waals surface area contributed by atoms with Gasteiger partial charge in [0.1, 0.15) is 5.15 Å². The van der Waals surface area contributed by atoms with Gasteiger partial charge in [0.2, 0.25) is 0 Å². The van der Waals surface area contributed by atoms with Crippen LogP contribution in [0.3, 0.4) is 0 Å². The number of rotatable bonds is 1. The van der Waals surface area contributed by atoms with Crippen molar-refractivity contribution in [2.45, 2.75) is 27.2 Å². The predicted molar refractivity (Wildman–Crippen MR) is 77.3 cm³/mol. The second-order valence-electron chi connectivity index (χ2n) is 5.85. The minimum absolute atomic E-state index is 0.0218. The molecule has 0 bridgehead atoms.